The third-order valence-electron chi connectivity index (χ3n) is 2.53. The topological polar surface area (TPSA) is 30.7 Å². The maximum Gasteiger partial charge on any atom is 0.309 e. The Morgan fingerprint density at radius 3 is 2.80 bits per heavy atom. The number of halogens is 1. The van der Waals surface area contributed by atoms with Gasteiger partial charge in [-0.25, -0.2) is 0 Å². The van der Waals surface area contributed by atoms with Crippen molar-refractivity contribution >= 4 is 40.3 Å². The van der Waals surface area contributed by atoms with E-state index >= 15 is 0 Å². The van der Waals surface area contributed by atoms with Gasteiger partial charge in [0.2, 0.25) is 0 Å². The van der Waals surface area contributed by atoms with Crippen molar-refractivity contribution in [2.75, 3.05) is 42.2 Å². The number of quaternary nitrogens is 1. The molecule has 1 unspecified atom stereocenters. The Kier molecular flexibility index (Phi) is 7.00. The zero-order valence-corrected chi connectivity index (χ0v) is 12.1. The van der Waals surface area contributed by atoms with Gasteiger partial charge in [-0.05, 0) is 0 Å². The number of thioether (sulfide) groups is 1. The van der Waals surface area contributed by atoms with Crippen LogP contribution in [-0.4, -0.2) is 48.1 Å². The summed E-state index contributed by atoms with van der Waals surface area (Å²) < 4.78 is 6.06. The minimum Gasteiger partial charge on any atom is -0.459 e. The first-order valence-electron chi connectivity index (χ1n) is 5.38. The molecule has 15 heavy (non-hydrogen) atoms. The second-order valence-corrected chi connectivity index (χ2v) is 5.94. The molecule has 1 atom stereocenters. The SMILES string of the molecule is CC(CI)C(=O)OCC[NH+]1CCSCC1. The van der Waals surface area contributed by atoms with Gasteiger partial charge in [0, 0.05) is 15.9 Å². The van der Waals surface area contributed by atoms with E-state index in [1.807, 2.05) is 18.7 Å². The molecule has 0 aliphatic carbocycles. The fourth-order valence-electron chi connectivity index (χ4n) is 1.41. The van der Waals surface area contributed by atoms with Crippen molar-refractivity contribution < 1.29 is 14.4 Å². The van der Waals surface area contributed by atoms with E-state index in [1.54, 1.807) is 4.90 Å². The summed E-state index contributed by atoms with van der Waals surface area (Å²) in [5.74, 6) is 2.48. The van der Waals surface area contributed by atoms with Crippen LogP contribution in [0.5, 0.6) is 0 Å². The van der Waals surface area contributed by atoms with Crippen molar-refractivity contribution in [3.63, 3.8) is 0 Å². The zero-order valence-electron chi connectivity index (χ0n) is 9.13. The quantitative estimate of drug-likeness (QED) is 0.440. The normalized spacial score (nSPS) is 19.9. The molecule has 1 rings (SSSR count). The Morgan fingerprint density at radius 2 is 2.20 bits per heavy atom. The number of hydrogen-bond acceptors (Lipinski definition) is 3. The van der Waals surface area contributed by atoms with E-state index in [0.717, 1.165) is 11.0 Å². The van der Waals surface area contributed by atoms with E-state index in [4.69, 9.17) is 4.74 Å². The maximum atomic E-state index is 11.4. The minimum absolute atomic E-state index is 0.0394. The molecule has 1 fully saturated rings. The standard InChI is InChI=1S/C10H18INO2S/c1-9(8-11)10(13)14-5-2-12-3-6-15-7-4-12/h9H,2-8H2,1H3/p+1. The van der Waals surface area contributed by atoms with Crippen LogP contribution in [0.25, 0.3) is 0 Å². The van der Waals surface area contributed by atoms with Gasteiger partial charge < -0.3 is 9.64 Å². The number of esters is 1. The molecule has 3 nitrogen and oxygen atoms in total. The predicted octanol–water partition coefficient (Wildman–Crippen LogP) is 0.232. The minimum atomic E-state index is -0.0461. The lowest BCUT2D eigenvalue weighted by Crippen LogP contribution is -3.14. The van der Waals surface area contributed by atoms with Crippen LogP contribution in [0, 0.1) is 5.92 Å². The van der Waals surface area contributed by atoms with Crippen molar-refractivity contribution in [3.8, 4) is 0 Å². The Balaban J connectivity index is 2.07. The summed E-state index contributed by atoms with van der Waals surface area (Å²) in [7, 11) is 0. The monoisotopic (exact) mass is 344 g/mol. The van der Waals surface area contributed by atoms with Crippen LogP contribution in [0.2, 0.25) is 0 Å². The highest BCUT2D eigenvalue weighted by Gasteiger charge is 2.16. The molecule has 1 heterocycles. The van der Waals surface area contributed by atoms with Gasteiger partial charge in [-0.15, -0.1) is 0 Å². The third kappa shape index (κ3) is 5.40. The van der Waals surface area contributed by atoms with Crippen molar-refractivity contribution in [1.82, 2.24) is 0 Å². The van der Waals surface area contributed by atoms with Gasteiger partial charge in [-0.1, -0.05) is 29.5 Å². The van der Waals surface area contributed by atoms with Gasteiger partial charge in [-0.2, -0.15) is 11.8 Å². The van der Waals surface area contributed by atoms with E-state index in [2.05, 4.69) is 22.6 Å². The fraction of sp³-hybridized carbons (Fsp3) is 0.900. The number of hydrogen-bond donors (Lipinski definition) is 1. The highest BCUT2D eigenvalue weighted by molar-refractivity contribution is 14.1. The molecule has 0 aromatic carbocycles. The average molecular weight is 344 g/mol. The van der Waals surface area contributed by atoms with Crippen molar-refractivity contribution in [3.05, 3.63) is 0 Å². The first kappa shape index (κ1) is 13.6. The number of nitrogens with one attached hydrogen (secondary N) is 1. The first-order valence-corrected chi connectivity index (χ1v) is 8.06. The lowest BCUT2D eigenvalue weighted by atomic mass is 10.2. The Labute approximate surface area is 109 Å². The number of ether oxygens (including phenoxy) is 1. The van der Waals surface area contributed by atoms with E-state index in [0.29, 0.717) is 6.61 Å². The molecule has 0 aromatic heterocycles. The molecule has 0 amide bonds. The molecule has 88 valence electrons. The molecular weight excluding hydrogens is 325 g/mol. The van der Waals surface area contributed by atoms with E-state index in [9.17, 15) is 4.79 Å². The van der Waals surface area contributed by atoms with E-state index in [1.165, 1.54) is 24.6 Å². The molecule has 1 N–H and O–H groups in total. The summed E-state index contributed by atoms with van der Waals surface area (Å²) in [6, 6.07) is 0. The van der Waals surface area contributed by atoms with E-state index < -0.39 is 0 Å². The smallest absolute Gasteiger partial charge is 0.309 e. The third-order valence-corrected chi connectivity index (χ3v) is 4.84. The summed E-state index contributed by atoms with van der Waals surface area (Å²) in [5.41, 5.74) is 0. The second kappa shape index (κ2) is 7.73. The Morgan fingerprint density at radius 1 is 1.53 bits per heavy atom. The second-order valence-electron chi connectivity index (χ2n) is 3.84. The molecule has 0 saturated carbocycles. The maximum absolute atomic E-state index is 11.4. The number of rotatable bonds is 5. The molecule has 5 heteroatoms. The average Bonchev–Trinajstić information content (AvgIpc) is 2.29. The van der Waals surface area contributed by atoms with E-state index in [-0.39, 0.29) is 11.9 Å². The molecule has 0 bridgehead atoms. The van der Waals surface area contributed by atoms with Crippen LogP contribution in [0.3, 0.4) is 0 Å². The van der Waals surface area contributed by atoms with Crippen molar-refractivity contribution in [2.24, 2.45) is 5.92 Å². The van der Waals surface area contributed by atoms with Crippen LogP contribution in [0.4, 0.5) is 0 Å². The van der Waals surface area contributed by atoms with Gasteiger partial charge in [0.15, 0.2) is 0 Å². The van der Waals surface area contributed by atoms with Gasteiger partial charge >= 0.3 is 5.97 Å². The molecule has 1 saturated heterocycles. The van der Waals surface area contributed by atoms with Gasteiger partial charge in [0.05, 0.1) is 19.0 Å². The predicted molar refractivity (Wildman–Crippen MR) is 71.9 cm³/mol. The molecule has 1 aliphatic rings. The fourth-order valence-corrected chi connectivity index (χ4v) is 2.84. The number of carbonyl (C=O) groups excluding carboxylic acids is 1. The molecule has 1 aliphatic heterocycles. The largest absolute Gasteiger partial charge is 0.459 e. The summed E-state index contributed by atoms with van der Waals surface area (Å²) in [6.45, 7) is 5.90. The van der Waals surface area contributed by atoms with Crippen LogP contribution in [-0.2, 0) is 9.53 Å². The zero-order chi connectivity index (χ0) is 11.1. The molecule has 0 spiro atoms. The van der Waals surface area contributed by atoms with Crippen LogP contribution in [0.1, 0.15) is 6.92 Å². The lowest BCUT2D eigenvalue weighted by molar-refractivity contribution is -0.896. The summed E-state index contributed by atoms with van der Waals surface area (Å²) in [6.07, 6.45) is 0. The van der Waals surface area contributed by atoms with Crippen LogP contribution in [0.15, 0.2) is 0 Å². The Bertz CT molecular complexity index is 198. The van der Waals surface area contributed by atoms with Crippen LogP contribution < -0.4 is 4.90 Å². The first-order chi connectivity index (χ1) is 7.24. The summed E-state index contributed by atoms with van der Waals surface area (Å²) in [4.78, 5) is 12.9. The van der Waals surface area contributed by atoms with Gasteiger partial charge in [0.25, 0.3) is 0 Å². The summed E-state index contributed by atoms with van der Waals surface area (Å²) in [5, 5.41) is 0. The molecule has 0 aromatic rings. The Hall–Kier alpha value is 0.510. The lowest BCUT2D eigenvalue weighted by Gasteiger charge is -2.23. The highest BCUT2D eigenvalue weighted by Crippen LogP contribution is 2.02. The van der Waals surface area contributed by atoms with Gasteiger partial charge in [0.1, 0.15) is 13.2 Å². The molecule has 0 radical (unpaired) electrons. The number of carbonyl (C=O) groups is 1. The highest BCUT2D eigenvalue weighted by atomic mass is 127. The van der Waals surface area contributed by atoms with Gasteiger partial charge in [-0.3, -0.25) is 4.79 Å². The van der Waals surface area contributed by atoms with Crippen LogP contribution >= 0.6 is 34.4 Å². The number of alkyl halides is 1. The summed E-state index contributed by atoms with van der Waals surface area (Å²) >= 11 is 4.23. The van der Waals surface area contributed by atoms with Crippen molar-refractivity contribution in [2.45, 2.75) is 6.92 Å². The molecular formula is C10H19INO2S+. The van der Waals surface area contributed by atoms with Crippen molar-refractivity contribution in [1.29, 1.82) is 0 Å².